The van der Waals surface area contributed by atoms with Gasteiger partial charge in [0.2, 0.25) is 0 Å². The molecule has 3 aromatic rings. The summed E-state index contributed by atoms with van der Waals surface area (Å²) in [5.41, 5.74) is 8.10. The minimum absolute atomic E-state index is 0.0253. The molecule has 0 unspecified atom stereocenters. The number of nitrogens with two attached hydrogens (primary N) is 1. The molecule has 35 heavy (non-hydrogen) atoms. The van der Waals surface area contributed by atoms with Crippen molar-refractivity contribution >= 4 is 5.71 Å². The molecule has 0 fully saturated rings. The first-order valence-corrected chi connectivity index (χ1v) is 11.5. The van der Waals surface area contributed by atoms with Gasteiger partial charge in [0, 0.05) is 11.3 Å². The van der Waals surface area contributed by atoms with Crippen LogP contribution < -0.4 is 10.5 Å². The van der Waals surface area contributed by atoms with Gasteiger partial charge in [-0.25, -0.2) is 4.98 Å². The molecule has 0 amide bonds. The van der Waals surface area contributed by atoms with Gasteiger partial charge in [-0.2, -0.15) is 18.3 Å². The van der Waals surface area contributed by atoms with Gasteiger partial charge in [0.1, 0.15) is 17.1 Å². The van der Waals surface area contributed by atoms with Crippen LogP contribution in [0.5, 0.6) is 5.75 Å². The predicted molar refractivity (Wildman–Crippen MR) is 131 cm³/mol. The number of halogens is 3. The Labute approximate surface area is 202 Å². The van der Waals surface area contributed by atoms with Crippen LogP contribution in [0.1, 0.15) is 56.5 Å². The zero-order valence-electron chi connectivity index (χ0n) is 20.1. The number of ether oxygens (including phenoxy) is 1. The lowest BCUT2D eigenvalue weighted by atomic mass is 9.97. The Balaban J connectivity index is 2.10. The monoisotopic (exact) mass is 485 g/mol. The van der Waals surface area contributed by atoms with Crippen molar-refractivity contribution in [3.05, 3.63) is 65.1 Å². The largest absolute Gasteiger partial charge is 0.493 e. The van der Waals surface area contributed by atoms with E-state index in [0.717, 1.165) is 42.9 Å². The number of allylic oxidation sites excluding steroid dienone is 2. The molecule has 0 bridgehead atoms. The lowest BCUT2D eigenvalue weighted by Crippen LogP contribution is -2.05. The zero-order chi connectivity index (χ0) is 25.6. The Kier molecular flexibility index (Phi) is 8.32. The van der Waals surface area contributed by atoms with Gasteiger partial charge < -0.3 is 10.5 Å². The number of nitrogens with one attached hydrogen (secondary N) is 2. The fourth-order valence-corrected chi connectivity index (χ4v) is 3.69. The second-order valence-corrected chi connectivity index (χ2v) is 8.45. The molecule has 0 spiro atoms. The van der Waals surface area contributed by atoms with Crippen molar-refractivity contribution < 1.29 is 17.9 Å². The summed E-state index contributed by atoms with van der Waals surface area (Å²) in [7, 11) is 0. The number of benzene rings is 1. The van der Waals surface area contributed by atoms with Crippen LogP contribution in [-0.2, 0) is 6.18 Å². The number of aromatic nitrogens is 3. The molecule has 2 heterocycles. The summed E-state index contributed by atoms with van der Waals surface area (Å²) in [6.45, 7) is 6.29. The molecule has 3 rings (SSSR count). The van der Waals surface area contributed by atoms with Crippen LogP contribution in [0.3, 0.4) is 0 Å². The van der Waals surface area contributed by atoms with Crippen molar-refractivity contribution in [2.24, 2.45) is 5.73 Å². The Bertz CT molecular complexity index is 1210. The SMILES string of the molecule is CCCCCCOc1cccc(C)c1-c1cc(C(=N)C=C(C)N)nc(-c2cc(C(F)(F)F)[nH]n2)c1. The van der Waals surface area contributed by atoms with Crippen LogP contribution in [0.25, 0.3) is 22.5 Å². The summed E-state index contributed by atoms with van der Waals surface area (Å²) in [5, 5.41) is 14.3. The lowest BCUT2D eigenvalue weighted by Gasteiger charge is -2.16. The van der Waals surface area contributed by atoms with Crippen molar-refractivity contribution in [3.8, 4) is 28.3 Å². The van der Waals surface area contributed by atoms with Gasteiger partial charge in [-0.15, -0.1) is 0 Å². The topological polar surface area (TPSA) is 101 Å². The average Bonchev–Trinajstić information content (AvgIpc) is 3.29. The summed E-state index contributed by atoms with van der Waals surface area (Å²) in [6, 6.07) is 9.99. The van der Waals surface area contributed by atoms with Gasteiger partial charge in [-0.05, 0) is 61.7 Å². The highest BCUT2D eigenvalue weighted by atomic mass is 19.4. The van der Waals surface area contributed by atoms with Crippen LogP contribution in [0, 0.1) is 12.3 Å². The van der Waals surface area contributed by atoms with E-state index in [0.29, 0.717) is 23.6 Å². The summed E-state index contributed by atoms with van der Waals surface area (Å²) in [6.07, 6.45) is 1.15. The molecule has 4 N–H and O–H groups in total. The Morgan fingerprint density at radius 1 is 1.14 bits per heavy atom. The molecule has 2 aromatic heterocycles. The van der Waals surface area contributed by atoms with Crippen molar-refractivity contribution in [1.29, 1.82) is 5.41 Å². The lowest BCUT2D eigenvalue weighted by molar-refractivity contribution is -0.141. The minimum atomic E-state index is -4.56. The van der Waals surface area contributed by atoms with E-state index in [1.165, 1.54) is 6.08 Å². The minimum Gasteiger partial charge on any atom is -0.493 e. The number of alkyl halides is 3. The number of aryl methyl sites for hydroxylation is 1. The predicted octanol–water partition coefficient (Wildman–Crippen LogP) is 6.66. The van der Waals surface area contributed by atoms with Crippen molar-refractivity contribution in [2.45, 2.75) is 52.6 Å². The molecule has 9 heteroatoms. The highest BCUT2D eigenvalue weighted by Crippen LogP contribution is 2.36. The van der Waals surface area contributed by atoms with E-state index in [2.05, 4.69) is 17.0 Å². The van der Waals surface area contributed by atoms with E-state index in [4.69, 9.17) is 15.9 Å². The van der Waals surface area contributed by atoms with Gasteiger partial charge >= 0.3 is 6.18 Å². The summed E-state index contributed by atoms with van der Waals surface area (Å²) >= 11 is 0. The molecule has 0 atom stereocenters. The molecule has 1 aromatic carbocycles. The fourth-order valence-electron chi connectivity index (χ4n) is 3.69. The fraction of sp³-hybridized carbons (Fsp3) is 0.346. The van der Waals surface area contributed by atoms with Gasteiger partial charge in [-0.3, -0.25) is 10.5 Å². The standard InChI is InChI=1S/C26H30F3N5O/c1-4-5-6-7-11-35-23-10-8-9-16(2)25(23)18-13-20(19(31)12-17(3)30)32-21(14-18)22-15-24(34-33-22)26(27,28)29/h8-10,12-15,31H,4-7,11,30H2,1-3H3,(H,33,34). The van der Waals surface area contributed by atoms with Crippen LogP contribution in [0.15, 0.2) is 48.2 Å². The zero-order valence-corrected chi connectivity index (χ0v) is 20.1. The van der Waals surface area contributed by atoms with E-state index in [1.54, 1.807) is 19.1 Å². The molecule has 0 radical (unpaired) electrons. The number of hydrogen-bond acceptors (Lipinski definition) is 5. The quantitative estimate of drug-likeness (QED) is 0.221. The number of unbranched alkanes of at least 4 members (excludes halogenated alkanes) is 3. The third-order valence-electron chi connectivity index (χ3n) is 5.40. The van der Waals surface area contributed by atoms with Crippen LogP contribution in [0.2, 0.25) is 0 Å². The normalized spacial score (nSPS) is 12.1. The average molecular weight is 486 g/mol. The van der Waals surface area contributed by atoms with Gasteiger partial charge in [0.15, 0.2) is 0 Å². The van der Waals surface area contributed by atoms with E-state index >= 15 is 0 Å². The maximum atomic E-state index is 13.1. The molecule has 6 nitrogen and oxygen atoms in total. The molecule has 186 valence electrons. The first-order chi connectivity index (χ1) is 16.6. The molecule has 0 aliphatic carbocycles. The Morgan fingerprint density at radius 2 is 1.91 bits per heavy atom. The maximum Gasteiger partial charge on any atom is 0.432 e. The summed E-state index contributed by atoms with van der Waals surface area (Å²) in [4.78, 5) is 4.42. The molecular weight excluding hydrogens is 455 g/mol. The number of pyridine rings is 1. The number of H-pyrrole nitrogens is 1. The molecule has 0 aliphatic heterocycles. The maximum absolute atomic E-state index is 13.1. The number of hydrogen-bond donors (Lipinski definition) is 3. The molecule has 0 saturated carbocycles. The highest BCUT2D eigenvalue weighted by molar-refractivity contribution is 6.06. The van der Waals surface area contributed by atoms with E-state index in [9.17, 15) is 13.2 Å². The van der Waals surface area contributed by atoms with Gasteiger partial charge in [0.25, 0.3) is 0 Å². The first kappa shape index (κ1) is 26.0. The number of nitrogens with zero attached hydrogens (tertiary/aromatic N) is 2. The van der Waals surface area contributed by atoms with Crippen molar-refractivity contribution in [2.75, 3.05) is 6.61 Å². The summed E-state index contributed by atoms with van der Waals surface area (Å²) in [5.74, 6) is 0.666. The van der Waals surface area contributed by atoms with Gasteiger partial charge in [0.05, 0.1) is 23.7 Å². The first-order valence-electron chi connectivity index (χ1n) is 11.5. The van der Waals surface area contributed by atoms with Crippen molar-refractivity contribution in [1.82, 2.24) is 15.2 Å². The van der Waals surface area contributed by atoms with E-state index in [-0.39, 0.29) is 22.8 Å². The Hall–Kier alpha value is -3.62. The second-order valence-electron chi connectivity index (χ2n) is 8.45. The Morgan fingerprint density at radius 3 is 2.57 bits per heavy atom. The van der Waals surface area contributed by atoms with Crippen LogP contribution >= 0.6 is 0 Å². The van der Waals surface area contributed by atoms with Crippen LogP contribution in [-0.4, -0.2) is 27.5 Å². The smallest absolute Gasteiger partial charge is 0.432 e. The molecule has 0 saturated heterocycles. The van der Waals surface area contributed by atoms with Gasteiger partial charge in [-0.1, -0.05) is 38.3 Å². The molecular formula is C26H30F3N5O. The number of rotatable bonds is 10. The highest BCUT2D eigenvalue weighted by Gasteiger charge is 2.33. The van der Waals surface area contributed by atoms with E-state index in [1.807, 2.05) is 30.2 Å². The van der Waals surface area contributed by atoms with Crippen LogP contribution in [0.4, 0.5) is 13.2 Å². The second kappa shape index (κ2) is 11.2. The van der Waals surface area contributed by atoms with Crippen molar-refractivity contribution in [3.63, 3.8) is 0 Å². The molecule has 0 aliphatic rings. The van der Waals surface area contributed by atoms with E-state index < -0.39 is 11.9 Å². The third kappa shape index (κ3) is 6.71. The third-order valence-corrected chi connectivity index (χ3v) is 5.40. The number of aromatic amines is 1. The summed E-state index contributed by atoms with van der Waals surface area (Å²) < 4.78 is 45.6.